The first-order valence-electron chi connectivity index (χ1n) is 10.1. The van der Waals surface area contributed by atoms with E-state index in [-0.39, 0.29) is 22.1 Å². The highest BCUT2D eigenvalue weighted by Crippen LogP contribution is 2.36. The number of carbonyl (C=O) groups excluding carboxylic acids is 1. The third kappa shape index (κ3) is 4.16. The standard InChI is InChI=1S/C20H26N4O3S/c1-24-11-10-18(23-24)22-20(25)17(12-14-4-2-3-5-14)15-6-9-19(21-13-15)28(26,27)16-7-8-16/h6,9,11,13-14,16-17H,2-5,7-8,10,12H2,1H3/p+1. The highest BCUT2D eigenvalue weighted by molar-refractivity contribution is 7.92. The number of hydrogen-bond acceptors (Lipinski definition) is 5. The zero-order valence-corrected chi connectivity index (χ0v) is 17.0. The maximum absolute atomic E-state index is 13.0. The first kappa shape index (κ1) is 19.2. The fraction of sp³-hybridized carbons (Fsp3) is 0.600. The molecule has 3 aliphatic rings. The third-order valence-corrected chi connectivity index (χ3v) is 8.04. The minimum atomic E-state index is -3.32. The Morgan fingerprint density at radius 2 is 2.00 bits per heavy atom. The molecule has 2 saturated carbocycles. The van der Waals surface area contributed by atoms with Crippen LogP contribution in [0.25, 0.3) is 0 Å². The van der Waals surface area contributed by atoms with Crippen LogP contribution in [-0.2, 0) is 14.6 Å². The normalized spacial score (nSPS) is 21.3. The Bertz CT molecular complexity index is 911. The van der Waals surface area contributed by atoms with Gasteiger partial charge in [0.15, 0.2) is 34.0 Å². The van der Waals surface area contributed by atoms with Gasteiger partial charge in [0.25, 0.3) is 0 Å². The first-order valence-corrected chi connectivity index (χ1v) is 11.6. The molecular formula is C20H27N4O3S+. The lowest BCUT2D eigenvalue weighted by molar-refractivity contribution is -0.494. The largest absolute Gasteiger partial charge is 0.308 e. The van der Waals surface area contributed by atoms with E-state index in [4.69, 9.17) is 0 Å². The molecular weight excluding hydrogens is 376 g/mol. The zero-order valence-electron chi connectivity index (χ0n) is 16.2. The molecule has 0 radical (unpaired) electrons. The van der Waals surface area contributed by atoms with Gasteiger partial charge < -0.3 is 5.32 Å². The molecule has 0 saturated heterocycles. The highest BCUT2D eigenvalue weighted by atomic mass is 32.2. The van der Waals surface area contributed by atoms with Crippen molar-refractivity contribution in [2.75, 3.05) is 7.05 Å². The smallest absolute Gasteiger partial charge is 0.233 e. The molecule has 2 fully saturated rings. The van der Waals surface area contributed by atoms with Crippen LogP contribution in [0.1, 0.15) is 62.8 Å². The van der Waals surface area contributed by atoms with Crippen LogP contribution in [-0.4, -0.2) is 48.3 Å². The van der Waals surface area contributed by atoms with Crippen molar-refractivity contribution < 1.29 is 17.9 Å². The van der Waals surface area contributed by atoms with Gasteiger partial charge in [0.2, 0.25) is 5.91 Å². The highest BCUT2D eigenvalue weighted by Gasteiger charge is 2.38. The summed E-state index contributed by atoms with van der Waals surface area (Å²) in [5.74, 6) is 0.728. The molecule has 7 nitrogen and oxygen atoms in total. The molecule has 1 aliphatic heterocycles. The van der Waals surface area contributed by atoms with Gasteiger partial charge in [-0.1, -0.05) is 36.4 Å². The number of amidine groups is 1. The van der Waals surface area contributed by atoms with Gasteiger partial charge in [0.05, 0.1) is 17.6 Å². The number of aromatic nitrogens is 1. The Balaban J connectivity index is 1.54. The molecule has 1 aromatic heterocycles. The molecule has 0 aromatic carbocycles. The van der Waals surface area contributed by atoms with Crippen molar-refractivity contribution in [1.82, 2.24) is 10.3 Å². The van der Waals surface area contributed by atoms with E-state index >= 15 is 0 Å². The summed E-state index contributed by atoms with van der Waals surface area (Å²) in [5.41, 5.74) is 0.773. The van der Waals surface area contributed by atoms with Crippen LogP contribution in [0.5, 0.6) is 0 Å². The molecule has 150 valence electrons. The number of rotatable bonds is 6. The van der Waals surface area contributed by atoms with Crippen molar-refractivity contribution in [1.29, 1.82) is 0 Å². The van der Waals surface area contributed by atoms with Crippen LogP contribution in [0.4, 0.5) is 0 Å². The van der Waals surface area contributed by atoms with Crippen LogP contribution in [0.15, 0.2) is 28.5 Å². The summed E-state index contributed by atoms with van der Waals surface area (Å²) in [6, 6.07) is 3.32. The van der Waals surface area contributed by atoms with Gasteiger partial charge in [-0.25, -0.2) is 13.4 Å². The number of amides is 1. The van der Waals surface area contributed by atoms with E-state index < -0.39 is 9.84 Å². The molecule has 1 atom stereocenters. The van der Waals surface area contributed by atoms with Crippen molar-refractivity contribution in [3.8, 4) is 0 Å². The van der Waals surface area contributed by atoms with Crippen LogP contribution in [0.2, 0.25) is 0 Å². The predicted octanol–water partition coefficient (Wildman–Crippen LogP) is 2.23. The Morgan fingerprint density at radius 1 is 1.25 bits per heavy atom. The van der Waals surface area contributed by atoms with Gasteiger partial charge in [0, 0.05) is 11.3 Å². The maximum Gasteiger partial charge on any atom is 0.233 e. The molecule has 2 aliphatic carbocycles. The Morgan fingerprint density at radius 3 is 2.57 bits per heavy atom. The molecule has 2 heterocycles. The molecule has 1 aromatic rings. The van der Waals surface area contributed by atoms with Gasteiger partial charge in [-0.05, 0) is 36.8 Å². The third-order valence-electron chi connectivity index (χ3n) is 5.87. The summed E-state index contributed by atoms with van der Waals surface area (Å²) in [6.07, 6.45) is 11.0. The summed E-state index contributed by atoms with van der Waals surface area (Å²) >= 11 is 0. The maximum atomic E-state index is 13.0. The Kier molecular flexibility index (Phi) is 5.31. The van der Waals surface area contributed by atoms with Crippen molar-refractivity contribution in [2.45, 2.75) is 67.6 Å². The van der Waals surface area contributed by atoms with E-state index in [9.17, 15) is 13.2 Å². The van der Waals surface area contributed by atoms with Gasteiger partial charge in [-0.2, -0.15) is 0 Å². The average molecular weight is 404 g/mol. The number of nitrogens with one attached hydrogen (secondary N) is 1. The minimum absolute atomic E-state index is 0.0889. The van der Waals surface area contributed by atoms with Gasteiger partial charge in [0.1, 0.15) is 0 Å². The summed E-state index contributed by atoms with van der Waals surface area (Å²) in [5, 5.41) is 7.06. The van der Waals surface area contributed by atoms with Gasteiger partial charge in [-0.3, -0.25) is 4.79 Å². The Labute approximate surface area is 165 Å². The van der Waals surface area contributed by atoms with E-state index in [2.05, 4.69) is 15.4 Å². The molecule has 8 heteroatoms. The van der Waals surface area contributed by atoms with Crippen molar-refractivity contribution >= 4 is 27.8 Å². The summed E-state index contributed by atoms with van der Waals surface area (Å²) < 4.78 is 26.5. The zero-order chi connectivity index (χ0) is 19.7. The van der Waals surface area contributed by atoms with Crippen molar-refractivity contribution in [3.05, 3.63) is 23.9 Å². The number of hydrogen-bond donors (Lipinski definition) is 1. The molecule has 28 heavy (non-hydrogen) atoms. The van der Waals surface area contributed by atoms with Crippen LogP contribution in [0.3, 0.4) is 0 Å². The second kappa shape index (κ2) is 7.73. The van der Waals surface area contributed by atoms with Gasteiger partial charge >= 0.3 is 0 Å². The second-order valence-electron chi connectivity index (χ2n) is 8.11. The predicted molar refractivity (Wildman–Crippen MR) is 106 cm³/mol. The van der Waals surface area contributed by atoms with E-state index in [1.165, 1.54) is 12.8 Å². The number of sulfone groups is 1. The fourth-order valence-electron chi connectivity index (χ4n) is 4.09. The first-order chi connectivity index (χ1) is 13.4. The topological polar surface area (TPSA) is 91.5 Å². The fourth-order valence-corrected chi connectivity index (χ4v) is 5.64. The van der Waals surface area contributed by atoms with E-state index in [1.807, 2.05) is 13.3 Å². The van der Waals surface area contributed by atoms with Crippen LogP contribution in [0, 0.1) is 5.92 Å². The summed E-state index contributed by atoms with van der Waals surface area (Å²) in [4.78, 5) is 17.2. The molecule has 1 N–H and O–H groups in total. The molecule has 4 rings (SSSR count). The summed E-state index contributed by atoms with van der Waals surface area (Å²) in [7, 11) is -1.48. The quantitative estimate of drug-likeness (QED) is 0.738. The monoisotopic (exact) mass is 403 g/mol. The number of nitrogens with zero attached hydrogens (tertiary/aromatic N) is 3. The van der Waals surface area contributed by atoms with Crippen LogP contribution < -0.4 is 5.32 Å². The lowest BCUT2D eigenvalue weighted by Crippen LogP contribution is -2.35. The molecule has 1 amide bonds. The SMILES string of the molecule is C[N+]1=CCC(NC(=O)C(CC2CCCC2)c2ccc(S(=O)(=O)C3CC3)nc2)=N1. The second-order valence-corrected chi connectivity index (χ2v) is 10.3. The Hall–Kier alpha value is -2.09. The number of pyridine rings is 1. The van der Waals surface area contributed by atoms with Crippen LogP contribution >= 0.6 is 0 Å². The average Bonchev–Trinajstić information content (AvgIpc) is 3.29. The lowest BCUT2D eigenvalue weighted by Gasteiger charge is -2.20. The van der Waals surface area contributed by atoms with E-state index in [1.54, 1.807) is 23.0 Å². The number of carbonyl (C=O) groups is 1. The molecule has 0 bridgehead atoms. The van der Waals surface area contributed by atoms with Crippen molar-refractivity contribution in [2.24, 2.45) is 11.0 Å². The summed E-state index contributed by atoms with van der Waals surface area (Å²) in [6.45, 7) is 0. The van der Waals surface area contributed by atoms with E-state index in [0.717, 1.165) is 24.8 Å². The van der Waals surface area contributed by atoms with Gasteiger partial charge in [-0.15, -0.1) is 0 Å². The lowest BCUT2D eigenvalue weighted by atomic mass is 9.88. The minimum Gasteiger partial charge on any atom is -0.308 e. The molecule has 0 spiro atoms. The molecule has 1 unspecified atom stereocenters. The van der Waals surface area contributed by atoms with E-state index in [0.29, 0.717) is 31.0 Å². The number of hydrazone groups is 1. The van der Waals surface area contributed by atoms with Crippen molar-refractivity contribution in [3.63, 3.8) is 0 Å².